The number of hydrogen-bond acceptors (Lipinski definition) is 1. The number of benzene rings is 1. The van der Waals surface area contributed by atoms with Crippen molar-refractivity contribution in [1.29, 1.82) is 0 Å². The third kappa shape index (κ3) is 4.74. The topological polar surface area (TPSA) is 29.1 Å². The molecule has 3 heteroatoms. The summed E-state index contributed by atoms with van der Waals surface area (Å²) >= 11 is 0. The number of carbonyl (C=O) groups is 1. The Morgan fingerprint density at radius 1 is 1.23 bits per heavy atom. The van der Waals surface area contributed by atoms with Gasteiger partial charge in [0.15, 0.2) is 0 Å². The quantitative estimate of drug-likeness (QED) is 0.621. The standard InChI is InChI=1S/C19H27NOSi/c1-3-4-13-22(14-8-5-9-15-22)16-12-19(21)20-18-11-7-6-10-17(18)2/h6-7,10-11H,3-5,8-9,13-15H2,1-2H3,(H,20,21). The fourth-order valence-electron chi connectivity index (χ4n) is 3.24. The van der Waals surface area contributed by atoms with Gasteiger partial charge in [-0.15, -0.1) is 5.54 Å². The Kier molecular flexibility index (Phi) is 6.27. The van der Waals surface area contributed by atoms with Crippen molar-refractivity contribution in [3.8, 4) is 11.5 Å². The average molecular weight is 314 g/mol. The van der Waals surface area contributed by atoms with Crippen molar-refractivity contribution < 1.29 is 4.79 Å². The molecule has 1 aliphatic heterocycles. The lowest BCUT2D eigenvalue weighted by molar-refractivity contribution is -0.111. The summed E-state index contributed by atoms with van der Waals surface area (Å²) in [5.41, 5.74) is 5.43. The molecule has 2 nitrogen and oxygen atoms in total. The Morgan fingerprint density at radius 2 is 1.95 bits per heavy atom. The second-order valence-corrected chi connectivity index (χ2v) is 10.8. The zero-order chi connectivity index (χ0) is 15.8. The summed E-state index contributed by atoms with van der Waals surface area (Å²) in [6.45, 7) is 4.24. The summed E-state index contributed by atoms with van der Waals surface area (Å²) in [6, 6.07) is 11.7. The van der Waals surface area contributed by atoms with Gasteiger partial charge in [-0.25, -0.2) is 0 Å². The van der Waals surface area contributed by atoms with Gasteiger partial charge >= 0.3 is 0 Å². The smallest absolute Gasteiger partial charge is 0.299 e. The van der Waals surface area contributed by atoms with Gasteiger partial charge in [0, 0.05) is 5.69 Å². The van der Waals surface area contributed by atoms with Gasteiger partial charge in [-0.05, 0) is 42.6 Å². The molecule has 22 heavy (non-hydrogen) atoms. The van der Waals surface area contributed by atoms with Crippen molar-refractivity contribution in [2.24, 2.45) is 0 Å². The highest BCUT2D eigenvalue weighted by atomic mass is 28.3. The van der Waals surface area contributed by atoms with E-state index < -0.39 is 8.07 Å². The molecule has 1 aromatic carbocycles. The Hall–Kier alpha value is -1.53. The number of nitrogens with one attached hydrogen (secondary N) is 1. The molecule has 118 valence electrons. The molecule has 0 aliphatic carbocycles. The summed E-state index contributed by atoms with van der Waals surface area (Å²) in [6.07, 6.45) is 6.46. The molecule has 1 N–H and O–H groups in total. The van der Waals surface area contributed by atoms with E-state index in [1.54, 1.807) is 0 Å². The van der Waals surface area contributed by atoms with Crippen molar-refractivity contribution >= 4 is 19.7 Å². The molecule has 1 amide bonds. The van der Waals surface area contributed by atoms with Gasteiger partial charge < -0.3 is 5.32 Å². The highest BCUT2D eigenvalue weighted by Gasteiger charge is 2.32. The Balaban J connectivity index is 2.05. The number of hydrogen-bond donors (Lipinski definition) is 1. The highest BCUT2D eigenvalue weighted by molar-refractivity contribution is 6.87. The van der Waals surface area contributed by atoms with Gasteiger partial charge in [0.1, 0.15) is 8.07 Å². The fourth-order valence-corrected chi connectivity index (χ4v) is 7.62. The number of carbonyl (C=O) groups excluding carboxylic acids is 1. The Labute approximate surface area is 135 Å². The zero-order valence-corrected chi connectivity index (χ0v) is 14.9. The number of rotatable bonds is 4. The SMILES string of the molecule is CCCC[Si]1(C#CC(=O)Nc2ccccc2C)CCCCC1. The third-order valence-electron chi connectivity index (χ3n) is 4.65. The van der Waals surface area contributed by atoms with Crippen LogP contribution in [0.4, 0.5) is 5.69 Å². The van der Waals surface area contributed by atoms with Crippen molar-refractivity contribution in [2.45, 2.75) is 64.1 Å². The maximum Gasteiger partial charge on any atom is 0.299 e. The summed E-state index contributed by atoms with van der Waals surface area (Å²) in [4.78, 5) is 12.2. The van der Waals surface area contributed by atoms with E-state index in [4.69, 9.17) is 0 Å². The van der Waals surface area contributed by atoms with Crippen LogP contribution in [0.25, 0.3) is 0 Å². The predicted octanol–water partition coefficient (Wildman–Crippen LogP) is 4.91. The summed E-state index contributed by atoms with van der Waals surface area (Å²) in [7, 11) is -1.52. The molecule has 0 aromatic heterocycles. The minimum Gasteiger partial charge on any atom is -0.315 e. The van der Waals surface area contributed by atoms with E-state index in [2.05, 4.69) is 23.7 Å². The van der Waals surface area contributed by atoms with Crippen LogP contribution in [0.5, 0.6) is 0 Å². The fraction of sp³-hybridized carbons (Fsp3) is 0.526. The molecule has 1 saturated heterocycles. The molecule has 0 spiro atoms. The molecular weight excluding hydrogens is 286 g/mol. The van der Waals surface area contributed by atoms with E-state index >= 15 is 0 Å². The van der Waals surface area contributed by atoms with Crippen molar-refractivity contribution in [1.82, 2.24) is 0 Å². The number of amides is 1. The van der Waals surface area contributed by atoms with Gasteiger partial charge in [-0.1, -0.05) is 57.2 Å². The second-order valence-electron chi connectivity index (χ2n) is 6.46. The van der Waals surface area contributed by atoms with Gasteiger partial charge in [0.2, 0.25) is 0 Å². The number of aryl methyl sites for hydroxylation is 1. The molecule has 1 fully saturated rings. The Bertz CT molecular complexity index is 564. The molecule has 1 heterocycles. The summed E-state index contributed by atoms with van der Waals surface area (Å²) in [5, 5.41) is 2.93. The first kappa shape index (κ1) is 16.8. The van der Waals surface area contributed by atoms with Crippen LogP contribution in [-0.4, -0.2) is 14.0 Å². The van der Waals surface area contributed by atoms with Crippen LogP contribution < -0.4 is 5.32 Å². The minimum absolute atomic E-state index is 0.150. The van der Waals surface area contributed by atoms with Gasteiger partial charge in [-0.2, -0.15) is 0 Å². The van der Waals surface area contributed by atoms with Crippen molar-refractivity contribution in [2.75, 3.05) is 5.32 Å². The monoisotopic (exact) mass is 313 g/mol. The molecule has 1 aliphatic rings. The lowest BCUT2D eigenvalue weighted by atomic mass is 10.2. The molecule has 0 bridgehead atoms. The van der Waals surface area contributed by atoms with Crippen LogP contribution in [-0.2, 0) is 4.79 Å². The van der Waals surface area contributed by atoms with Crippen LogP contribution in [0.2, 0.25) is 18.1 Å². The number of para-hydroxylation sites is 1. The maximum atomic E-state index is 12.2. The van der Waals surface area contributed by atoms with Crippen LogP contribution >= 0.6 is 0 Å². The Morgan fingerprint density at radius 3 is 2.64 bits per heavy atom. The molecular formula is C19H27NOSi. The average Bonchev–Trinajstić information content (AvgIpc) is 2.54. The largest absolute Gasteiger partial charge is 0.315 e. The first-order chi connectivity index (χ1) is 10.7. The third-order valence-corrected chi connectivity index (χ3v) is 9.24. The van der Waals surface area contributed by atoms with Crippen LogP contribution in [0.15, 0.2) is 24.3 Å². The van der Waals surface area contributed by atoms with Crippen molar-refractivity contribution in [3.63, 3.8) is 0 Å². The maximum absolute atomic E-state index is 12.2. The van der Waals surface area contributed by atoms with Gasteiger partial charge in [0.05, 0.1) is 0 Å². The first-order valence-corrected chi connectivity index (χ1v) is 11.2. The van der Waals surface area contributed by atoms with Crippen LogP contribution in [0.1, 0.15) is 44.6 Å². The van der Waals surface area contributed by atoms with E-state index in [0.29, 0.717) is 0 Å². The predicted molar refractivity (Wildman–Crippen MR) is 96.5 cm³/mol. The number of anilines is 1. The van der Waals surface area contributed by atoms with E-state index in [-0.39, 0.29) is 5.91 Å². The first-order valence-electron chi connectivity index (χ1n) is 8.55. The van der Waals surface area contributed by atoms with E-state index in [1.165, 1.54) is 50.2 Å². The minimum atomic E-state index is -1.52. The lowest BCUT2D eigenvalue weighted by Crippen LogP contribution is -2.35. The van der Waals surface area contributed by atoms with Crippen LogP contribution in [0, 0.1) is 18.4 Å². The molecule has 0 atom stereocenters. The number of unbranched alkanes of at least 4 members (excludes halogenated alkanes) is 1. The van der Waals surface area contributed by atoms with E-state index in [9.17, 15) is 4.79 Å². The summed E-state index contributed by atoms with van der Waals surface area (Å²) in [5.74, 6) is 2.79. The lowest BCUT2D eigenvalue weighted by Gasteiger charge is -2.30. The summed E-state index contributed by atoms with van der Waals surface area (Å²) < 4.78 is 0. The van der Waals surface area contributed by atoms with Gasteiger partial charge in [-0.3, -0.25) is 4.79 Å². The second kappa shape index (κ2) is 8.19. The van der Waals surface area contributed by atoms with E-state index in [0.717, 1.165) is 11.3 Å². The van der Waals surface area contributed by atoms with Crippen LogP contribution in [0.3, 0.4) is 0 Å². The molecule has 1 aromatic rings. The zero-order valence-electron chi connectivity index (χ0n) is 13.9. The normalized spacial score (nSPS) is 16.5. The molecule has 0 radical (unpaired) electrons. The van der Waals surface area contributed by atoms with Gasteiger partial charge in [0.25, 0.3) is 5.91 Å². The van der Waals surface area contributed by atoms with Crippen molar-refractivity contribution in [3.05, 3.63) is 29.8 Å². The molecule has 2 rings (SSSR count). The molecule has 0 saturated carbocycles. The van der Waals surface area contributed by atoms with E-state index in [1.807, 2.05) is 31.2 Å². The highest BCUT2D eigenvalue weighted by Crippen LogP contribution is 2.32. The molecule has 0 unspecified atom stereocenters.